The Balaban J connectivity index is 2.11. The van der Waals surface area contributed by atoms with E-state index in [1.807, 2.05) is 0 Å². The molecule has 0 saturated carbocycles. The highest BCUT2D eigenvalue weighted by atomic mass is 19.4. The van der Waals surface area contributed by atoms with Crippen LogP contribution in [-0.4, -0.2) is 75.4 Å². The van der Waals surface area contributed by atoms with Crippen molar-refractivity contribution in [2.45, 2.75) is 45.5 Å². The number of hydrogen-bond acceptors (Lipinski definition) is 5. The molecule has 1 fully saturated rings. The molecule has 1 heterocycles. The van der Waals surface area contributed by atoms with Gasteiger partial charge in [0, 0.05) is 13.1 Å². The number of amides is 3. The van der Waals surface area contributed by atoms with Gasteiger partial charge in [-0.2, -0.15) is 13.2 Å². The monoisotopic (exact) mass is 551 g/mol. The minimum atomic E-state index is -4.61. The van der Waals surface area contributed by atoms with Crippen LogP contribution < -0.4 is 5.32 Å². The molecule has 0 bridgehead atoms. The number of nitrogens with one attached hydrogen (secondary N) is 1. The number of aryl methyl sites for hydroxylation is 1. The van der Waals surface area contributed by atoms with Crippen molar-refractivity contribution < 1.29 is 47.3 Å². The molecule has 0 radical (unpaired) electrons. The van der Waals surface area contributed by atoms with Crippen LogP contribution in [0.3, 0.4) is 0 Å². The van der Waals surface area contributed by atoms with Crippen molar-refractivity contribution in [2.75, 3.05) is 25.0 Å². The highest BCUT2D eigenvalue weighted by Crippen LogP contribution is 2.35. The maximum atomic E-state index is 13.7. The summed E-state index contributed by atoms with van der Waals surface area (Å²) in [6.45, 7) is 5.55. The minimum Gasteiger partial charge on any atom is -0.480 e. The van der Waals surface area contributed by atoms with Gasteiger partial charge in [0.05, 0.1) is 23.4 Å². The zero-order chi connectivity index (χ0) is 29.3. The average Bonchev–Trinajstić information content (AvgIpc) is 2.81. The lowest BCUT2D eigenvalue weighted by atomic mass is 9.95. The van der Waals surface area contributed by atoms with Gasteiger partial charge in [-0.25, -0.2) is 14.4 Å². The van der Waals surface area contributed by atoms with Crippen LogP contribution in [0.4, 0.5) is 28.4 Å². The number of benzene rings is 2. The number of halogens is 3. The van der Waals surface area contributed by atoms with Crippen molar-refractivity contribution in [1.29, 1.82) is 0 Å². The fourth-order valence-electron chi connectivity index (χ4n) is 4.09. The summed E-state index contributed by atoms with van der Waals surface area (Å²) in [7, 11) is 0. The standard InChI is InChI=1S/C26H28F3N3O7/c1-14-5-7-16(26(27,28)29)12-17(14)15-6-8-19(30-23(36)39-25(2,3)4)18(11-15)21(33)32-10-9-31(24(37)38)13-20(32)22(34)35/h5-8,11-12,20H,9-10,13H2,1-4H3,(H,30,36)(H,34,35)(H,37,38). The van der Waals surface area contributed by atoms with Crippen molar-refractivity contribution >= 4 is 29.8 Å². The van der Waals surface area contributed by atoms with E-state index in [4.69, 9.17) is 4.74 Å². The predicted molar refractivity (Wildman–Crippen MR) is 134 cm³/mol. The first kappa shape index (κ1) is 29.3. The first-order valence-electron chi connectivity index (χ1n) is 11.8. The molecule has 1 saturated heterocycles. The van der Waals surface area contributed by atoms with E-state index in [0.29, 0.717) is 5.56 Å². The van der Waals surface area contributed by atoms with Gasteiger partial charge in [-0.1, -0.05) is 12.1 Å². The van der Waals surface area contributed by atoms with Crippen LogP contribution in [0.25, 0.3) is 11.1 Å². The Morgan fingerprint density at radius 1 is 1.00 bits per heavy atom. The van der Waals surface area contributed by atoms with Gasteiger partial charge in [0.1, 0.15) is 11.6 Å². The van der Waals surface area contributed by atoms with E-state index in [9.17, 15) is 42.6 Å². The van der Waals surface area contributed by atoms with Crippen molar-refractivity contribution in [3.05, 3.63) is 53.1 Å². The Morgan fingerprint density at radius 2 is 1.67 bits per heavy atom. The number of carboxylic acids is 1. The number of piperazine rings is 1. The number of carboxylic acid groups (broad SMARTS) is 2. The van der Waals surface area contributed by atoms with Crippen molar-refractivity contribution in [3.8, 4) is 11.1 Å². The third-order valence-corrected chi connectivity index (χ3v) is 5.96. The molecule has 10 nitrogen and oxygen atoms in total. The van der Waals surface area contributed by atoms with Crippen LogP contribution in [0.5, 0.6) is 0 Å². The van der Waals surface area contributed by atoms with E-state index < -0.39 is 54.0 Å². The molecule has 0 spiro atoms. The number of alkyl halides is 3. The second-order valence-corrected chi connectivity index (χ2v) is 10.00. The maximum absolute atomic E-state index is 13.7. The van der Waals surface area contributed by atoms with Gasteiger partial charge in [-0.3, -0.25) is 10.1 Å². The summed E-state index contributed by atoms with van der Waals surface area (Å²) in [4.78, 5) is 51.3. The number of carbonyl (C=O) groups excluding carboxylic acids is 2. The van der Waals surface area contributed by atoms with Crippen LogP contribution >= 0.6 is 0 Å². The first-order chi connectivity index (χ1) is 18.0. The molecule has 3 N–H and O–H groups in total. The molecule has 2 aromatic rings. The summed E-state index contributed by atoms with van der Waals surface area (Å²) in [5.74, 6) is -2.30. The lowest BCUT2D eigenvalue weighted by Gasteiger charge is -2.38. The molecule has 3 amide bonds. The molecular weight excluding hydrogens is 523 g/mol. The zero-order valence-electron chi connectivity index (χ0n) is 21.6. The summed E-state index contributed by atoms with van der Waals surface area (Å²) < 4.78 is 45.4. The van der Waals surface area contributed by atoms with E-state index >= 15 is 0 Å². The van der Waals surface area contributed by atoms with Crippen molar-refractivity contribution in [1.82, 2.24) is 9.80 Å². The average molecular weight is 552 g/mol. The molecule has 2 aromatic carbocycles. The molecular formula is C26H28F3N3O7. The molecule has 1 atom stereocenters. The van der Waals surface area contributed by atoms with E-state index in [-0.39, 0.29) is 35.5 Å². The Labute approximate surface area is 222 Å². The molecule has 1 aliphatic heterocycles. The fraction of sp³-hybridized carbons (Fsp3) is 0.385. The third-order valence-electron chi connectivity index (χ3n) is 5.96. The smallest absolute Gasteiger partial charge is 0.416 e. The molecule has 1 aliphatic rings. The Hall–Kier alpha value is -4.29. The highest BCUT2D eigenvalue weighted by Gasteiger charge is 2.38. The van der Waals surface area contributed by atoms with Gasteiger partial charge in [0.15, 0.2) is 0 Å². The number of aliphatic carboxylic acids is 1. The van der Waals surface area contributed by atoms with Gasteiger partial charge < -0.3 is 24.7 Å². The number of ether oxygens (including phenoxy) is 1. The van der Waals surface area contributed by atoms with Crippen molar-refractivity contribution in [2.24, 2.45) is 0 Å². The number of anilines is 1. The van der Waals surface area contributed by atoms with Crippen LogP contribution in [0.2, 0.25) is 0 Å². The van der Waals surface area contributed by atoms with Gasteiger partial charge >= 0.3 is 24.3 Å². The lowest BCUT2D eigenvalue weighted by molar-refractivity contribution is -0.144. The topological polar surface area (TPSA) is 136 Å². The molecule has 0 aromatic heterocycles. The van der Waals surface area contributed by atoms with Crippen molar-refractivity contribution in [3.63, 3.8) is 0 Å². The van der Waals surface area contributed by atoms with E-state index in [2.05, 4.69) is 5.32 Å². The fourth-order valence-corrected chi connectivity index (χ4v) is 4.09. The predicted octanol–water partition coefficient (Wildman–Crippen LogP) is 4.92. The number of rotatable bonds is 4. The molecule has 39 heavy (non-hydrogen) atoms. The summed E-state index contributed by atoms with van der Waals surface area (Å²) in [5, 5.41) is 21.4. The molecule has 210 valence electrons. The van der Waals surface area contributed by atoms with Gasteiger partial charge in [-0.15, -0.1) is 0 Å². The number of carbonyl (C=O) groups is 4. The molecule has 1 unspecified atom stereocenters. The van der Waals surface area contributed by atoms with Crippen LogP contribution in [0, 0.1) is 6.92 Å². The van der Waals surface area contributed by atoms with Crippen LogP contribution in [-0.2, 0) is 15.7 Å². The summed E-state index contributed by atoms with van der Waals surface area (Å²) in [5.41, 5.74) is -1.18. The zero-order valence-corrected chi connectivity index (χ0v) is 21.6. The van der Waals surface area contributed by atoms with E-state index in [1.165, 1.54) is 24.3 Å². The maximum Gasteiger partial charge on any atom is 0.416 e. The van der Waals surface area contributed by atoms with Gasteiger partial charge in [-0.05, 0) is 68.7 Å². The molecule has 3 rings (SSSR count). The first-order valence-corrected chi connectivity index (χ1v) is 11.8. The minimum absolute atomic E-state index is 0.0626. The quantitative estimate of drug-likeness (QED) is 0.491. The van der Waals surface area contributed by atoms with E-state index in [1.54, 1.807) is 27.7 Å². The SMILES string of the molecule is Cc1ccc(C(F)(F)F)cc1-c1ccc(NC(=O)OC(C)(C)C)c(C(=O)N2CCN(C(=O)O)CC2C(=O)O)c1. The molecule has 13 heteroatoms. The Bertz CT molecular complexity index is 1300. The Kier molecular flexibility index (Phi) is 8.13. The second kappa shape index (κ2) is 10.8. The second-order valence-electron chi connectivity index (χ2n) is 10.00. The molecule has 0 aliphatic carbocycles. The normalized spacial score (nSPS) is 16.0. The number of nitrogens with zero attached hydrogens (tertiary/aromatic N) is 2. The van der Waals surface area contributed by atoms with Gasteiger partial charge in [0.25, 0.3) is 5.91 Å². The summed E-state index contributed by atoms with van der Waals surface area (Å²) in [6.07, 6.45) is -6.87. The van der Waals surface area contributed by atoms with E-state index in [0.717, 1.165) is 21.9 Å². The van der Waals surface area contributed by atoms with Crippen LogP contribution in [0.1, 0.15) is 42.3 Å². The highest BCUT2D eigenvalue weighted by molar-refractivity contribution is 6.05. The Morgan fingerprint density at radius 3 is 2.23 bits per heavy atom. The van der Waals surface area contributed by atoms with Gasteiger partial charge in [0.2, 0.25) is 0 Å². The summed E-state index contributed by atoms with van der Waals surface area (Å²) in [6, 6.07) is 5.63. The third kappa shape index (κ3) is 6.98. The summed E-state index contributed by atoms with van der Waals surface area (Å²) >= 11 is 0. The largest absolute Gasteiger partial charge is 0.480 e. The number of hydrogen-bond donors (Lipinski definition) is 3. The lowest BCUT2D eigenvalue weighted by Crippen LogP contribution is -2.59. The van der Waals surface area contributed by atoms with Crippen LogP contribution in [0.15, 0.2) is 36.4 Å².